The molecule has 2 aliphatic rings. The molecule has 2 aliphatic heterocycles. The highest BCUT2D eigenvalue weighted by Gasteiger charge is 2.23. The van der Waals surface area contributed by atoms with Crippen LogP contribution in [0.15, 0.2) is 150 Å². The second-order valence-electron chi connectivity index (χ2n) is 12.5. The molecular formula is C45H54N2. The van der Waals surface area contributed by atoms with E-state index in [0.29, 0.717) is 5.92 Å². The van der Waals surface area contributed by atoms with Crippen molar-refractivity contribution in [2.24, 2.45) is 5.92 Å². The van der Waals surface area contributed by atoms with Crippen LogP contribution >= 0.6 is 0 Å². The molecule has 0 aromatic heterocycles. The van der Waals surface area contributed by atoms with Gasteiger partial charge >= 0.3 is 0 Å². The molecule has 1 atom stereocenters. The fourth-order valence-electron chi connectivity index (χ4n) is 6.19. The first kappa shape index (κ1) is 35.3. The molecule has 0 aliphatic carbocycles. The molecule has 2 heteroatoms. The summed E-state index contributed by atoms with van der Waals surface area (Å²) in [4.78, 5) is 4.87. The van der Waals surface area contributed by atoms with Crippen molar-refractivity contribution in [2.75, 3.05) is 16.3 Å². The van der Waals surface area contributed by atoms with Gasteiger partial charge in [0.15, 0.2) is 0 Å². The standard InChI is InChI=1S/C26H35N.C19H19N/c1-7-10-11-14-24-22(6)19-27(26-16-13-12-15-25(24)26)23(9-3)18-17-21(5)20(4)8-2;1-3-4-9-15(2)20-14-16-10-5-6-11-17(16)18-12-7-8-13-19(18)20/h7,10-18,20H,8-9,19H2,1-6H3;3-13H,14H2,1-2H3/b10-7-,14-11-,21-17+,23-18+;4-3-,15-9+. The Bertz CT molecular complexity index is 1720. The van der Waals surface area contributed by atoms with Crippen LogP contribution in [0.25, 0.3) is 16.7 Å². The number of allylic oxidation sites excluding steroid dienone is 13. The third-order valence-corrected chi connectivity index (χ3v) is 9.33. The largest absolute Gasteiger partial charge is 0.341 e. The molecule has 0 amide bonds. The fraction of sp³-hybridized carbons (Fsp3) is 0.289. The maximum atomic E-state index is 2.48. The van der Waals surface area contributed by atoms with Gasteiger partial charge in [-0.05, 0) is 99.9 Å². The molecule has 5 rings (SSSR count). The van der Waals surface area contributed by atoms with Gasteiger partial charge in [-0.1, -0.05) is 130 Å². The van der Waals surface area contributed by atoms with Crippen molar-refractivity contribution in [1.82, 2.24) is 0 Å². The molecule has 3 aromatic carbocycles. The number of hydrogen-bond donors (Lipinski definition) is 0. The minimum atomic E-state index is 0.637. The van der Waals surface area contributed by atoms with E-state index < -0.39 is 0 Å². The van der Waals surface area contributed by atoms with E-state index in [1.54, 1.807) is 0 Å². The molecule has 47 heavy (non-hydrogen) atoms. The topological polar surface area (TPSA) is 6.48 Å². The first-order valence-corrected chi connectivity index (χ1v) is 17.3. The maximum absolute atomic E-state index is 2.48. The van der Waals surface area contributed by atoms with Crippen LogP contribution in [0, 0.1) is 5.92 Å². The fourth-order valence-corrected chi connectivity index (χ4v) is 6.19. The third kappa shape index (κ3) is 8.63. The smallest absolute Gasteiger partial charge is 0.0491 e. The van der Waals surface area contributed by atoms with Gasteiger partial charge in [-0.25, -0.2) is 0 Å². The van der Waals surface area contributed by atoms with Crippen LogP contribution in [0.2, 0.25) is 0 Å². The number of rotatable bonds is 9. The first-order valence-electron chi connectivity index (χ1n) is 17.3. The average molecular weight is 623 g/mol. The van der Waals surface area contributed by atoms with Crippen molar-refractivity contribution >= 4 is 16.9 Å². The molecule has 0 bridgehead atoms. The van der Waals surface area contributed by atoms with E-state index >= 15 is 0 Å². The Kier molecular flexibility index (Phi) is 13.1. The molecule has 0 spiro atoms. The first-order chi connectivity index (χ1) is 22.8. The summed E-state index contributed by atoms with van der Waals surface area (Å²) in [7, 11) is 0. The highest BCUT2D eigenvalue weighted by Crippen LogP contribution is 2.41. The zero-order valence-corrected chi connectivity index (χ0v) is 29.9. The Morgan fingerprint density at radius 3 is 1.98 bits per heavy atom. The van der Waals surface area contributed by atoms with Gasteiger partial charge in [0.25, 0.3) is 0 Å². The normalized spacial score (nSPS) is 16.0. The molecule has 2 nitrogen and oxygen atoms in total. The molecule has 0 fully saturated rings. The summed E-state index contributed by atoms with van der Waals surface area (Å²) in [5.74, 6) is 0.637. The molecule has 2 heterocycles. The monoisotopic (exact) mass is 622 g/mol. The van der Waals surface area contributed by atoms with Crippen LogP contribution in [0.1, 0.15) is 79.4 Å². The van der Waals surface area contributed by atoms with Crippen molar-refractivity contribution in [1.29, 1.82) is 0 Å². The summed E-state index contributed by atoms with van der Waals surface area (Å²) >= 11 is 0. The molecule has 0 radical (unpaired) electrons. The maximum Gasteiger partial charge on any atom is 0.0491 e. The van der Waals surface area contributed by atoms with Gasteiger partial charge in [0.2, 0.25) is 0 Å². The molecule has 3 aromatic rings. The predicted octanol–water partition coefficient (Wildman–Crippen LogP) is 12.9. The van der Waals surface area contributed by atoms with Gasteiger partial charge in [-0.2, -0.15) is 0 Å². The van der Waals surface area contributed by atoms with Gasteiger partial charge in [0.1, 0.15) is 0 Å². The van der Waals surface area contributed by atoms with Crippen molar-refractivity contribution < 1.29 is 0 Å². The van der Waals surface area contributed by atoms with Crippen LogP contribution in [0.4, 0.5) is 11.4 Å². The van der Waals surface area contributed by atoms with Gasteiger partial charge < -0.3 is 9.80 Å². The van der Waals surface area contributed by atoms with Crippen molar-refractivity contribution in [3.8, 4) is 11.1 Å². The number of anilines is 2. The van der Waals surface area contributed by atoms with Gasteiger partial charge in [0.05, 0.1) is 0 Å². The Morgan fingerprint density at radius 1 is 0.702 bits per heavy atom. The Labute approximate surface area is 285 Å². The van der Waals surface area contributed by atoms with Crippen LogP contribution in [-0.4, -0.2) is 6.54 Å². The Morgan fingerprint density at radius 2 is 1.32 bits per heavy atom. The lowest BCUT2D eigenvalue weighted by Crippen LogP contribution is -2.28. The minimum Gasteiger partial charge on any atom is -0.341 e. The van der Waals surface area contributed by atoms with E-state index in [2.05, 4.69) is 186 Å². The quantitative estimate of drug-likeness (QED) is 0.219. The highest BCUT2D eigenvalue weighted by molar-refractivity contribution is 5.88. The van der Waals surface area contributed by atoms with E-state index in [1.807, 2.05) is 6.92 Å². The van der Waals surface area contributed by atoms with E-state index in [1.165, 1.54) is 68.2 Å². The van der Waals surface area contributed by atoms with Crippen molar-refractivity contribution in [2.45, 2.75) is 74.8 Å². The van der Waals surface area contributed by atoms with E-state index in [-0.39, 0.29) is 0 Å². The van der Waals surface area contributed by atoms with Crippen molar-refractivity contribution in [3.63, 3.8) is 0 Å². The van der Waals surface area contributed by atoms with Crippen LogP contribution in [-0.2, 0) is 6.54 Å². The van der Waals surface area contributed by atoms with Gasteiger partial charge in [0, 0.05) is 47.0 Å². The summed E-state index contributed by atoms with van der Waals surface area (Å²) in [6, 6.07) is 26.1. The zero-order valence-electron chi connectivity index (χ0n) is 29.9. The SMILES string of the molecule is C/C=C\C=C(/C)N1Cc2ccccc2-c2ccccc21.C/C=C\C=C/C1=C(C)CN(/C(=C/C=C(\C)C(C)CC)CC)c2ccccc21. The summed E-state index contributed by atoms with van der Waals surface area (Å²) in [5.41, 5.74) is 14.9. The van der Waals surface area contributed by atoms with Gasteiger partial charge in [-0.15, -0.1) is 0 Å². The zero-order chi connectivity index (χ0) is 33.8. The predicted molar refractivity (Wildman–Crippen MR) is 209 cm³/mol. The van der Waals surface area contributed by atoms with Crippen molar-refractivity contribution in [3.05, 3.63) is 161 Å². The Balaban J connectivity index is 0.000000221. The lowest BCUT2D eigenvalue weighted by atomic mass is 9.93. The number of nitrogens with zero attached hydrogens (tertiary/aromatic N) is 2. The molecule has 0 N–H and O–H groups in total. The molecule has 0 saturated carbocycles. The van der Waals surface area contributed by atoms with Crippen LogP contribution < -0.4 is 9.80 Å². The van der Waals surface area contributed by atoms with E-state index in [4.69, 9.17) is 0 Å². The van der Waals surface area contributed by atoms with E-state index in [0.717, 1.165) is 19.5 Å². The average Bonchev–Trinajstić information content (AvgIpc) is 3.11. The lowest BCUT2D eigenvalue weighted by Gasteiger charge is -2.34. The number of benzene rings is 3. The summed E-state index contributed by atoms with van der Waals surface area (Å²) < 4.78 is 0. The number of para-hydroxylation sites is 2. The Hall–Kier alpha value is -4.56. The van der Waals surface area contributed by atoms with Gasteiger partial charge in [-0.3, -0.25) is 0 Å². The second kappa shape index (κ2) is 17.4. The summed E-state index contributed by atoms with van der Waals surface area (Å²) in [5, 5.41) is 0. The van der Waals surface area contributed by atoms with Crippen LogP contribution in [0.5, 0.6) is 0 Å². The highest BCUT2D eigenvalue weighted by atomic mass is 15.2. The molecule has 244 valence electrons. The molecule has 1 unspecified atom stereocenters. The second-order valence-corrected chi connectivity index (χ2v) is 12.5. The summed E-state index contributed by atoms with van der Waals surface area (Å²) in [6.07, 6.45) is 21.7. The van der Waals surface area contributed by atoms with Crippen LogP contribution in [0.3, 0.4) is 0 Å². The molecular weight excluding hydrogens is 569 g/mol. The lowest BCUT2D eigenvalue weighted by molar-refractivity contribution is 0.655. The number of hydrogen-bond acceptors (Lipinski definition) is 2. The van der Waals surface area contributed by atoms with E-state index in [9.17, 15) is 0 Å². The number of fused-ring (bicyclic) bond motifs is 4. The molecule has 0 saturated heterocycles. The minimum absolute atomic E-state index is 0.637. The summed E-state index contributed by atoms with van der Waals surface area (Å²) in [6.45, 7) is 19.5. The third-order valence-electron chi connectivity index (χ3n) is 9.33.